The van der Waals surface area contributed by atoms with Crippen molar-refractivity contribution in [1.82, 2.24) is 0 Å². The molecule has 0 aromatic heterocycles. The monoisotopic (exact) mass is 305 g/mol. The van der Waals surface area contributed by atoms with Crippen molar-refractivity contribution in [2.45, 2.75) is 46.0 Å². The zero-order valence-electron chi connectivity index (χ0n) is 13.3. The lowest BCUT2D eigenvalue weighted by molar-refractivity contribution is -0.400. The Morgan fingerprint density at radius 3 is 2.50 bits per heavy atom. The summed E-state index contributed by atoms with van der Waals surface area (Å²) in [5.74, 6) is 1.43. The number of hydrogen-bond acceptors (Lipinski definition) is 4. The number of nitro groups is 1. The van der Waals surface area contributed by atoms with Crippen molar-refractivity contribution < 1.29 is 14.4 Å². The maximum atomic E-state index is 10.6. The maximum absolute atomic E-state index is 10.6. The van der Waals surface area contributed by atoms with Gasteiger partial charge in [-0.2, -0.15) is 0 Å². The Labute approximate surface area is 131 Å². The summed E-state index contributed by atoms with van der Waals surface area (Å²) >= 11 is 0. The van der Waals surface area contributed by atoms with Gasteiger partial charge in [0.15, 0.2) is 11.5 Å². The Morgan fingerprint density at radius 1 is 1.18 bits per heavy atom. The van der Waals surface area contributed by atoms with Crippen molar-refractivity contribution in [2.75, 3.05) is 13.2 Å². The smallest absolute Gasteiger partial charge is 0.235 e. The van der Waals surface area contributed by atoms with Crippen LogP contribution in [0.25, 0.3) is 6.08 Å². The molecule has 0 radical (unpaired) electrons. The predicted octanol–water partition coefficient (Wildman–Crippen LogP) is 4.00. The van der Waals surface area contributed by atoms with Gasteiger partial charge < -0.3 is 9.47 Å². The lowest BCUT2D eigenvalue weighted by Crippen LogP contribution is -2.06. The molecular formula is C17H23NO4. The van der Waals surface area contributed by atoms with Gasteiger partial charge in [-0.25, -0.2) is 0 Å². The molecule has 0 fully saturated rings. The minimum absolute atomic E-state index is 0.455. The normalized spacial score (nSPS) is 13.4. The Morgan fingerprint density at radius 2 is 1.86 bits per heavy atom. The molecule has 0 atom stereocenters. The van der Waals surface area contributed by atoms with Crippen LogP contribution in [-0.2, 0) is 12.8 Å². The van der Waals surface area contributed by atoms with Crippen LogP contribution in [0, 0.1) is 10.1 Å². The van der Waals surface area contributed by atoms with Crippen LogP contribution in [0.5, 0.6) is 11.5 Å². The first-order valence-electron chi connectivity index (χ1n) is 7.93. The summed E-state index contributed by atoms with van der Waals surface area (Å²) in [4.78, 5) is 10.2. The van der Waals surface area contributed by atoms with Crippen LogP contribution in [0.4, 0.5) is 0 Å². The molecule has 1 aliphatic rings. The molecule has 0 amide bonds. The number of nitrogens with zero attached hydrogens (tertiary/aromatic N) is 1. The summed E-state index contributed by atoms with van der Waals surface area (Å²) in [6.07, 6.45) is 7.32. The SMILES string of the molecule is CCCOc1c(C=C[N+](=O)[O-])cc2c(c1OCCC)CCC2. The minimum atomic E-state index is -0.455. The number of benzene rings is 1. The van der Waals surface area contributed by atoms with Crippen LogP contribution in [0.15, 0.2) is 12.3 Å². The van der Waals surface area contributed by atoms with Crippen molar-refractivity contribution in [3.8, 4) is 11.5 Å². The lowest BCUT2D eigenvalue weighted by atomic mass is 10.0. The van der Waals surface area contributed by atoms with Gasteiger partial charge in [0.2, 0.25) is 6.20 Å². The highest BCUT2D eigenvalue weighted by atomic mass is 16.6. The Kier molecular flexibility index (Phi) is 5.81. The molecule has 2 rings (SSSR count). The van der Waals surface area contributed by atoms with Gasteiger partial charge in [0.25, 0.3) is 0 Å². The number of fused-ring (bicyclic) bond motifs is 1. The van der Waals surface area contributed by atoms with E-state index in [1.807, 2.05) is 13.0 Å². The number of ether oxygens (including phenoxy) is 2. The fourth-order valence-corrected chi connectivity index (χ4v) is 2.68. The number of aryl methyl sites for hydroxylation is 1. The average molecular weight is 305 g/mol. The fraction of sp³-hybridized carbons (Fsp3) is 0.529. The van der Waals surface area contributed by atoms with Gasteiger partial charge in [0, 0.05) is 17.2 Å². The van der Waals surface area contributed by atoms with Crippen LogP contribution in [-0.4, -0.2) is 18.1 Å². The third-order valence-electron chi connectivity index (χ3n) is 3.61. The first kappa shape index (κ1) is 16.3. The van der Waals surface area contributed by atoms with E-state index in [0.717, 1.165) is 49.6 Å². The van der Waals surface area contributed by atoms with Crippen LogP contribution in [0.1, 0.15) is 49.8 Å². The highest BCUT2D eigenvalue weighted by molar-refractivity contribution is 5.67. The topological polar surface area (TPSA) is 61.6 Å². The summed E-state index contributed by atoms with van der Waals surface area (Å²) in [5.41, 5.74) is 3.16. The summed E-state index contributed by atoms with van der Waals surface area (Å²) in [5, 5.41) is 10.6. The maximum Gasteiger partial charge on any atom is 0.235 e. The van der Waals surface area contributed by atoms with Crippen molar-refractivity contribution in [2.24, 2.45) is 0 Å². The highest BCUT2D eigenvalue weighted by Crippen LogP contribution is 2.42. The zero-order valence-corrected chi connectivity index (χ0v) is 13.3. The lowest BCUT2D eigenvalue weighted by Gasteiger charge is -2.18. The van der Waals surface area contributed by atoms with Crippen LogP contribution in [0.2, 0.25) is 0 Å². The molecule has 0 heterocycles. The molecule has 1 aromatic rings. The number of hydrogen-bond donors (Lipinski definition) is 0. The molecule has 5 nitrogen and oxygen atoms in total. The van der Waals surface area contributed by atoms with Crippen LogP contribution in [0.3, 0.4) is 0 Å². The Bertz CT molecular complexity index is 566. The van der Waals surface area contributed by atoms with E-state index < -0.39 is 4.92 Å². The largest absolute Gasteiger partial charge is 0.489 e. The Hall–Kier alpha value is -2.04. The molecule has 1 aromatic carbocycles. The summed E-state index contributed by atoms with van der Waals surface area (Å²) in [6, 6.07) is 2.01. The van der Waals surface area contributed by atoms with Gasteiger partial charge in [-0.05, 0) is 43.7 Å². The van der Waals surface area contributed by atoms with Crippen molar-refractivity contribution in [3.05, 3.63) is 39.1 Å². The van der Waals surface area contributed by atoms with Gasteiger partial charge in [-0.15, -0.1) is 0 Å². The van der Waals surface area contributed by atoms with Gasteiger partial charge in [0.05, 0.1) is 18.1 Å². The van der Waals surface area contributed by atoms with Crippen molar-refractivity contribution >= 4 is 6.08 Å². The molecule has 0 spiro atoms. The molecule has 0 N–H and O–H groups in total. The standard InChI is InChI=1S/C17H23NO4/c1-3-10-21-16-14(8-9-18(19)20)12-13-6-5-7-15(13)17(16)22-11-4-2/h8-9,12H,3-7,10-11H2,1-2H3. The van der Waals surface area contributed by atoms with Gasteiger partial charge in [-0.1, -0.05) is 13.8 Å². The second kappa shape index (κ2) is 7.82. The van der Waals surface area contributed by atoms with E-state index >= 15 is 0 Å². The van der Waals surface area contributed by atoms with Crippen molar-refractivity contribution in [3.63, 3.8) is 0 Å². The molecule has 1 aliphatic carbocycles. The molecule has 120 valence electrons. The first-order valence-corrected chi connectivity index (χ1v) is 7.93. The van der Waals surface area contributed by atoms with E-state index in [9.17, 15) is 10.1 Å². The Balaban J connectivity index is 2.47. The van der Waals surface area contributed by atoms with E-state index in [1.54, 1.807) is 0 Å². The second-order valence-corrected chi connectivity index (χ2v) is 5.41. The quantitative estimate of drug-likeness (QED) is 0.538. The summed E-state index contributed by atoms with van der Waals surface area (Å²) in [7, 11) is 0. The van der Waals surface area contributed by atoms with E-state index in [2.05, 4.69) is 6.92 Å². The first-order chi connectivity index (χ1) is 10.7. The van der Waals surface area contributed by atoms with E-state index in [1.165, 1.54) is 17.2 Å². The molecule has 0 bridgehead atoms. The predicted molar refractivity (Wildman–Crippen MR) is 86.1 cm³/mol. The van der Waals surface area contributed by atoms with Gasteiger partial charge in [0.1, 0.15) is 0 Å². The molecule has 0 saturated heterocycles. The summed E-state index contributed by atoms with van der Waals surface area (Å²) in [6.45, 7) is 5.29. The van der Waals surface area contributed by atoms with E-state index in [0.29, 0.717) is 19.0 Å². The van der Waals surface area contributed by atoms with Crippen LogP contribution < -0.4 is 9.47 Å². The molecular weight excluding hydrogens is 282 g/mol. The highest BCUT2D eigenvalue weighted by Gasteiger charge is 2.23. The average Bonchev–Trinajstić information content (AvgIpc) is 2.96. The fourth-order valence-electron chi connectivity index (χ4n) is 2.68. The molecule has 5 heteroatoms. The zero-order chi connectivity index (χ0) is 15.9. The molecule has 22 heavy (non-hydrogen) atoms. The van der Waals surface area contributed by atoms with E-state index in [-0.39, 0.29) is 0 Å². The number of rotatable bonds is 8. The molecule has 0 saturated carbocycles. The van der Waals surface area contributed by atoms with Crippen LogP contribution >= 0.6 is 0 Å². The summed E-state index contributed by atoms with van der Waals surface area (Å²) < 4.78 is 11.8. The third kappa shape index (κ3) is 3.78. The van der Waals surface area contributed by atoms with Gasteiger partial charge >= 0.3 is 0 Å². The second-order valence-electron chi connectivity index (χ2n) is 5.41. The third-order valence-corrected chi connectivity index (χ3v) is 3.61. The van der Waals surface area contributed by atoms with Gasteiger partial charge in [-0.3, -0.25) is 10.1 Å². The molecule has 0 aliphatic heterocycles. The minimum Gasteiger partial charge on any atom is -0.489 e. The van der Waals surface area contributed by atoms with Crippen molar-refractivity contribution in [1.29, 1.82) is 0 Å². The van der Waals surface area contributed by atoms with E-state index in [4.69, 9.17) is 9.47 Å². The molecule has 0 unspecified atom stereocenters.